The normalized spacial score (nSPS) is 24.8. The number of nitrogens with zero attached hydrogens (tertiary/aromatic N) is 1. The van der Waals surface area contributed by atoms with E-state index in [0.29, 0.717) is 12.0 Å². The molecule has 0 radical (unpaired) electrons. The number of methoxy groups -OCH3 is 1. The van der Waals surface area contributed by atoms with Crippen LogP contribution in [0.15, 0.2) is 0 Å². The first-order valence-corrected chi connectivity index (χ1v) is 5.86. The van der Waals surface area contributed by atoms with Crippen LogP contribution in [0.1, 0.15) is 33.6 Å². The quantitative estimate of drug-likeness (QED) is 0.732. The molecular formula is C12H24N2O2. The van der Waals surface area contributed by atoms with Crippen LogP contribution < -0.4 is 5.73 Å². The van der Waals surface area contributed by atoms with Crippen LogP contribution in [0.25, 0.3) is 0 Å². The van der Waals surface area contributed by atoms with Crippen LogP contribution >= 0.6 is 0 Å². The fraction of sp³-hybridized carbons (Fsp3) is 0.917. The first-order valence-electron chi connectivity index (χ1n) is 5.86. The number of hydrogen-bond acceptors (Lipinski definition) is 4. The summed E-state index contributed by atoms with van der Waals surface area (Å²) >= 11 is 0. The van der Waals surface area contributed by atoms with Crippen molar-refractivity contribution in [2.45, 2.75) is 39.2 Å². The number of rotatable bonds is 3. The Morgan fingerprint density at radius 3 is 2.38 bits per heavy atom. The smallest absolute Gasteiger partial charge is 0.326 e. The molecule has 0 aromatic carbocycles. The van der Waals surface area contributed by atoms with Crippen LogP contribution in [-0.2, 0) is 9.53 Å². The lowest BCUT2D eigenvalue weighted by atomic mass is 9.82. The molecule has 1 fully saturated rings. The lowest BCUT2D eigenvalue weighted by molar-refractivity contribution is -0.147. The predicted molar refractivity (Wildman–Crippen MR) is 64.1 cm³/mol. The Hall–Kier alpha value is -0.610. The lowest BCUT2D eigenvalue weighted by Gasteiger charge is -2.39. The SMILES string of the molecule is COC(=O)C(C)(N)CN1CCC(C)(C)CC1. The molecule has 0 aliphatic carbocycles. The summed E-state index contributed by atoms with van der Waals surface area (Å²) in [4.78, 5) is 13.7. The van der Waals surface area contributed by atoms with E-state index in [1.807, 2.05) is 0 Å². The molecule has 1 unspecified atom stereocenters. The van der Waals surface area contributed by atoms with Crippen LogP contribution in [-0.4, -0.2) is 43.2 Å². The van der Waals surface area contributed by atoms with E-state index in [0.717, 1.165) is 25.9 Å². The van der Waals surface area contributed by atoms with Gasteiger partial charge in [-0.1, -0.05) is 13.8 Å². The molecule has 4 nitrogen and oxygen atoms in total. The van der Waals surface area contributed by atoms with Gasteiger partial charge in [0.2, 0.25) is 0 Å². The van der Waals surface area contributed by atoms with E-state index in [9.17, 15) is 4.79 Å². The summed E-state index contributed by atoms with van der Waals surface area (Å²) in [5.74, 6) is -0.336. The maximum Gasteiger partial charge on any atom is 0.326 e. The van der Waals surface area contributed by atoms with E-state index in [2.05, 4.69) is 18.7 Å². The summed E-state index contributed by atoms with van der Waals surface area (Å²) in [6.45, 7) is 8.90. The van der Waals surface area contributed by atoms with E-state index in [-0.39, 0.29) is 5.97 Å². The fourth-order valence-corrected chi connectivity index (χ4v) is 2.08. The van der Waals surface area contributed by atoms with Crippen LogP contribution in [0.4, 0.5) is 0 Å². The molecule has 1 rings (SSSR count). The van der Waals surface area contributed by atoms with Gasteiger partial charge in [0.25, 0.3) is 0 Å². The number of likely N-dealkylation sites (tertiary alicyclic amines) is 1. The summed E-state index contributed by atoms with van der Waals surface area (Å²) in [6, 6.07) is 0. The summed E-state index contributed by atoms with van der Waals surface area (Å²) in [6.07, 6.45) is 2.31. The van der Waals surface area contributed by atoms with Crippen LogP contribution in [0.2, 0.25) is 0 Å². The van der Waals surface area contributed by atoms with Gasteiger partial charge in [-0.25, -0.2) is 0 Å². The van der Waals surface area contributed by atoms with Crippen molar-refractivity contribution in [1.29, 1.82) is 0 Å². The maximum absolute atomic E-state index is 11.5. The number of nitrogens with two attached hydrogens (primary N) is 1. The van der Waals surface area contributed by atoms with Gasteiger partial charge in [0, 0.05) is 6.54 Å². The summed E-state index contributed by atoms with van der Waals surface area (Å²) in [5.41, 5.74) is 5.48. The van der Waals surface area contributed by atoms with Crippen molar-refractivity contribution in [3.05, 3.63) is 0 Å². The number of carbonyl (C=O) groups excluding carboxylic acids is 1. The van der Waals surface area contributed by atoms with Gasteiger partial charge >= 0.3 is 5.97 Å². The van der Waals surface area contributed by atoms with Crippen molar-refractivity contribution in [2.75, 3.05) is 26.7 Å². The number of carbonyl (C=O) groups is 1. The van der Waals surface area contributed by atoms with Gasteiger partial charge in [0.15, 0.2) is 0 Å². The molecule has 0 aromatic rings. The second-order valence-electron chi connectivity index (χ2n) is 5.85. The van der Waals surface area contributed by atoms with Crippen molar-refractivity contribution in [3.63, 3.8) is 0 Å². The number of esters is 1. The predicted octanol–water partition coefficient (Wildman–Crippen LogP) is 0.999. The molecule has 0 spiro atoms. The molecule has 0 bridgehead atoms. The van der Waals surface area contributed by atoms with Gasteiger partial charge in [-0.3, -0.25) is 4.79 Å². The molecule has 1 saturated heterocycles. The first-order chi connectivity index (χ1) is 7.27. The molecule has 94 valence electrons. The Morgan fingerprint density at radius 2 is 1.94 bits per heavy atom. The van der Waals surface area contributed by atoms with Crippen molar-refractivity contribution in [1.82, 2.24) is 4.90 Å². The topological polar surface area (TPSA) is 55.6 Å². The Labute approximate surface area is 98.1 Å². The van der Waals surface area contributed by atoms with Gasteiger partial charge in [-0.15, -0.1) is 0 Å². The minimum absolute atomic E-state index is 0.336. The highest BCUT2D eigenvalue weighted by molar-refractivity contribution is 5.80. The highest BCUT2D eigenvalue weighted by Crippen LogP contribution is 2.30. The fourth-order valence-electron chi connectivity index (χ4n) is 2.08. The summed E-state index contributed by atoms with van der Waals surface area (Å²) in [5, 5.41) is 0. The molecule has 0 aromatic heterocycles. The molecule has 4 heteroatoms. The average Bonchev–Trinajstić information content (AvgIpc) is 2.20. The zero-order valence-electron chi connectivity index (χ0n) is 10.9. The summed E-state index contributed by atoms with van der Waals surface area (Å²) < 4.78 is 4.71. The van der Waals surface area contributed by atoms with E-state index in [4.69, 9.17) is 10.5 Å². The Kier molecular flexibility index (Phi) is 3.97. The lowest BCUT2D eigenvalue weighted by Crippen LogP contribution is -2.56. The van der Waals surface area contributed by atoms with Crippen molar-refractivity contribution >= 4 is 5.97 Å². The zero-order valence-corrected chi connectivity index (χ0v) is 10.9. The second kappa shape index (κ2) is 4.72. The molecule has 0 saturated carbocycles. The monoisotopic (exact) mass is 228 g/mol. The van der Waals surface area contributed by atoms with Crippen LogP contribution in [0.5, 0.6) is 0 Å². The maximum atomic E-state index is 11.5. The molecule has 0 amide bonds. The summed E-state index contributed by atoms with van der Waals surface area (Å²) in [7, 11) is 1.38. The zero-order chi connectivity index (χ0) is 12.4. The molecule has 2 N–H and O–H groups in total. The van der Waals surface area contributed by atoms with E-state index >= 15 is 0 Å². The molecule has 1 heterocycles. The molecule has 1 aliphatic heterocycles. The molecule has 1 atom stereocenters. The number of ether oxygens (including phenoxy) is 1. The largest absolute Gasteiger partial charge is 0.468 e. The molecular weight excluding hydrogens is 204 g/mol. The van der Waals surface area contributed by atoms with Gasteiger partial charge in [0.1, 0.15) is 5.54 Å². The highest BCUT2D eigenvalue weighted by Gasteiger charge is 2.34. The van der Waals surface area contributed by atoms with Crippen molar-refractivity contribution < 1.29 is 9.53 Å². The minimum Gasteiger partial charge on any atom is -0.468 e. The minimum atomic E-state index is -0.893. The molecule has 1 aliphatic rings. The van der Waals surface area contributed by atoms with Gasteiger partial charge in [-0.2, -0.15) is 0 Å². The number of piperidine rings is 1. The second-order valence-corrected chi connectivity index (χ2v) is 5.85. The third kappa shape index (κ3) is 3.46. The van der Waals surface area contributed by atoms with Crippen LogP contribution in [0, 0.1) is 5.41 Å². The first kappa shape index (κ1) is 13.5. The van der Waals surface area contributed by atoms with E-state index in [1.165, 1.54) is 7.11 Å². The van der Waals surface area contributed by atoms with E-state index in [1.54, 1.807) is 6.92 Å². The van der Waals surface area contributed by atoms with Gasteiger partial charge in [0.05, 0.1) is 7.11 Å². The van der Waals surface area contributed by atoms with Crippen molar-refractivity contribution in [2.24, 2.45) is 11.1 Å². The van der Waals surface area contributed by atoms with Gasteiger partial charge in [-0.05, 0) is 38.3 Å². The molecule has 16 heavy (non-hydrogen) atoms. The number of hydrogen-bond donors (Lipinski definition) is 1. The Balaban J connectivity index is 2.47. The average molecular weight is 228 g/mol. The van der Waals surface area contributed by atoms with E-state index < -0.39 is 5.54 Å². The van der Waals surface area contributed by atoms with Crippen molar-refractivity contribution in [3.8, 4) is 0 Å². The third-order valence-corrected chi connectivity index (χ3v) is 3.41. The van der Waals surface area contributed by atoms with Gasteiger partial charge < -0.3 is 15.4 Å². The Bertz CT molecular complexity index is 252. The highest BCUT2D eigenvalue weighted by atomic mass is 16.5. The third-order valence-electron chi connectivity index (χ3n) is 3.41. The standard InChI is InChI=1S/C12H24N2O2/c1-11(2)5-7-14(8-6-11)9-12(3,13)10(15)16-4/h5-9,13H2,1-4H3. The Morgan fingerprint density at radius 1 is 1.44 bits per heavy atom. The van der Waals surface area contributed by atoms with Crippen LogP contribution in [0.3, 0.4) is 0 Å².